The van der Waals surface area contributed by atoms with Crippen molar-refractivity contribution in [3.05, 3.63) is 71.8 Å². The molecule has 6 heteroatoms. The molecule has 6 nitrogen and oxygen atoms in total. The molecule has 0 aliphatic heterocycles. The van der Waals surface area contributed by atoms with Gasteiger partial charge in [-0.1, -0.05) is 74.5 Å². The van der Waals surface area contributed by atoms with Crippen molar-refractivity contribution in [2.45, 2.75) is 39.0 Å². The minimum absolute atomic E-state index is 0.00104. The van der Waals surface area contributed by atoms with Gasteiger partial charge in [0.25, 0.3) is 0 Å². The third-order valence-corrected chi connectivity index (χ3v) is 4.38. The molecule has 2 N–H and O–H groups in total. The fraction of sp³-hybridized carbons (Fsp3) is 0.318. The van der Waals surface area contributed by atoms with Crippen LogP contribution >= 0.6 is 0 Å². The Balaban J connectivity index is 2.16. The molecule has 0 spiro atoms. The van der Waals surface area contributed by atoms with Gasteiger partial charge in [0.1, 0.15) is 18.9 Å². The number of rotatable bonds is 8. The van der Waals surface area contributed by atoms with Crippen molar-refractivity contribution in [2.24, 2.45) is 11.7 Å². The van der Waals surface area contributed by atoms with Crippen LogP contribution in [-0.4, -0.2) is 35.3 Å². The van der Waals surface area contributed by atoms with E-state index in [1.165, 1.54) is 0 Å². The first-order chi connectivity index (χ1) is 13.4. The van der Waals surface area contributed by atoms with Gasteiger partial charge in [-0.15, -0.1) is 0 Å². The van der Waals surface area contributed by atoms with E-state index in [-0.39, 0.29) is 18.9 Å². The summed E-state index contributed by atoms with van der Waals surface area (Å²) in [6, 6.07) is 16.5. The standard InChI is InChI=1S/C22H26N2O4/c1-16(2)20(14-25)24(22(27)28-15-18-11-7-4-8-12-18)21(26)19(23)13-17-9-5-3-6-10-17/h3-12,14,16,19-20H,13,15,23H2,1-2H3/t19-,20+/m0/s1. The maximum absolute atomic E-state index is 12.9. The Bertz CT molecular complexity index is 778. The average molecular weight is 382 g/mol. The van der Waals surface area contributed by atoms with Crippen molar-refractivity contribution in [2.75, 3.05) is 0 Å². The minimum Gasteiger partial charge on any atom is -0.444 e. The van der Waals surface area contributed by atoms with Gasteiger partial charge in [0.2, 0.25) is 5.91 Å². The highest BCUT2D eigenvalue weighted by atomic mass is 16.6. The van der Waals surface area contributed by atoms with Gasteiger partial charge in [0, 0.05) is 0 Å². The third kappa shape index (κ3) is 5.76. The predicted molar refractivity (Wildman–Crippen MR) is 106 cm³/mol. The van der Waals surface area contributed by atoms with Crippen molar-refractivity contribution in [1.29, 1.82) is 0 Å². The lowest BCUT2D eigenvalue weighted by molar-refractivity contribution is -0.136. The summed E-state index contributed by atoms with van der Waals surface area (Å²) < 4.78 is 5.30. The molecule has 2 aromatic carbocycles. The fourth-order valence-corrected chi connectivity index (χ4v) is 2.80. The highest BCUT2D eigenvalue weighted by molar-refractivity contribution is 5.97. The Morgan fingerprint density at radius 2 is 1.54 bits per heavy atom. The number of ether oxygens (including phenoxy) is 1. The lowest BCUT2D eigenvalue weighted by Crippen LogP contribution is -2.54. The van der Waals surface area contributed by atoms with Gasteiger partial charge >= 0.3 is 6.09 Å². The second-order valence-corrected chi connectivity index (χ2v) is 6.92. The molecule has 0 radical (unpaired) electrons. The number of aldehydes is 1. The molecular formula is C22H26N2O4. The van der Waals surface area contributed by atoms with E-state index in [0.29, 0.717) is 6.29 Å². The van der Waals surface area contributed by atoms with Crippen LogP contribution in [0.25, 0.3) is 0 Å². The number of nitrogens with two attached hydrogens (primary N) is 1. The lowest BCUT2D eigenvalue weighted by atomic mass is 10.0. The molecule has 2 atom stereocenters. The Labute approximate surface area is 165 Å². The van der Waals surface area contributed by atoms with Gasteiger partial charge in [-0.05, 0) is 23.5 Å². The first kappa shape index (κ1) is 21.3. The largest absolute Gasteiger partial charge is 0.444 e. The quantitative estimate of drug-likeness (QED) is 0.709. The summed E-state index contributed by atoms with van der Waals surface area (Å²) in [5.41, 5.74) is 7.72. The highest BCUT2D eigenvalue weighted by Crippen LogP contribution is 2.15. The molecule has 2 rings (SSSR count). The van der Waals surface area contributed by atoms with E-state index < -0.39 is 24.1 Å². The number of carbonyl (C=O) groups is 3. The predicted octanol–water partition coefficient (Wildman–Crippen LogP) is 2.95. The molecule has 0 fully saturated rings. The monoisotopic (exact) mass is 382 g/mol. The second-order valence-electron chi connectivity index (χ2n) is 6.92. The van der Waals surface area contributed by atoms with Crippen LogP contribution in [-0.2, 0) is 27.4 Å². The van der Waals surface area contributed by atoms with Gasteiger partial charge in [-0.3, -0.25) is 4.79 Å². The minimum atomic E-state index is -0.965. The number of nitrogens with zero attached hydrogens (tertiary/aromatic N) is 1. The lowest BCUT2D eigenvalue weighted by Gasteiger charge is -2.30. The normalized spacial score (nSPS) is 12.9. The van der Waals surface area contributed by atoms with Crippen molar-refractivity contribution in [3.63, 3.8) is 0 Å². The summed E-state index contributed by atoms with van der Waals surface area (Å²) in [5.74, 6) is -0.901. The number of hydrogen-bond acceptors (Lipinski definition) is 5. The zero-order valence-corrected chi connectivity index (χ0v) is 16.2. The van der Waals surface area contributed by atoms with Crippen LogP contribution in [0, 0.1) is 5.92 Å². The van der Waals surface area contributed by atoms with Crippen molar-refractivity contribution >= 4 is 18.3 Å². The Morgan fingerprint density at radius 3 is 2.04 bits per heavy atom. The van der Waals surface area contributed by atoms with Gasteiger partial charge in [-0.25, -0.2) is 9.69 Å². The molecule has 0 aliphatic carbocycles. The number of imide groups is 1. The fourth-order valence-electron chi connectivity index (χ4n) is 2.80. The van der Waals surface area contributed by atoms with E-state index in [1.807, 2.05) is 48.5 Å². The van der Waals surface area contributed by atoms with E-state index in [2.05, 4.69) is 0 Å². The Hall–Kier alpha value is -2.99. The third-order valence-electron chi connectivity index (χ3n) is 4.38. The zero-order valence-electron chi connectivity index (χ0n) is 16.2. The molecule has 28 heavy (non-hydrogen) atoms. The maximum atomic E-state index is 12.9. The molecule has 0 saturated carbocycles. The molecule has 2 amide bonds. The highest BCUT2D eigenvalue weighted by Gasteiger charge is 2.35. The van der Waals surface area contributed by atoms with Crippen molar-refractivity contribution < 1.29 is 19.1 Å². The molecular weight excluding hydrogens is 356 g/mol. The van der Waals surface area contributed by atoms with E-state index in [4.69, 9.17) is 10.5 Å². The van der Waals surface area contributed by atoms with E-state index in [9.17, 15) is 14.4 Å². The van der Waals surface area contributed by atoms with E-state index >= 15 is 0 Å². The summed E-state index contributed by atoms with van der Waals surface area (Å²) in [6.07, 6.45) is -0.0314. The first-order valence-electron chi connectivity index (χ1n) is 9.22. The second kappa shape index (κ2) is 10.4. The average Bonchev–Trinajstić information content (AvgIpc) is 2.70. The number of benzene rings is 2. The molecule has 0 heterocycles. The van der Waals surface area contributed by atoms with E-state index in [1.54, 1.807) is 26.0 Å². The van der Waals surface area contributed by atoms with Crippen LogP contribution in [0.1, 0.15) is 25.0 Å². The van der Waals surface area contributed by atoms with Gasteiger partial charge in [0.15, 0.2) is 0 Å². The number of carbonyl (C=O) groups excluding carboxylic acids is 3. The molecule has 0 bridgehead atoms. The Morgan fingerprint density at radius 1 is 1.00 bits per heavy atom. The summed E-state index contributed by atoms with van der Waals surface area (Å²) in [5, 5.41) is 0. The van der Waals surface area contributed by atoms with Crippen LogP contribution in [0.3, 0.4) is 0 Å². The smallest absolute Gasteiger partial charge is 0.417 e. The van der Waals surface area contributed by atoms with Crippen LogP contribution in [0.5, 0.6) is 0 Å². The molecule has 148 valence electrons. The molecule has 0 aliphatic rings. The van der Waals surface area contributed by atoms with Crippen LogP contribution in [0.2, 0.25) is 0 Å². The van der Waals surface area contributed by atoms with Gasteiger partial charge in [-0.2, -0.15) is 0 Å². The van der Waals surface area contributed by atoms with Crippen LogP contribution < -0.4 is 5.73 Å². The summed E-state index contributed by atoms with van der Waals surface area (Å²) >= 11 is 0. The summed E-state index contributed by atoms with van der Waals surface area (Å²) in [4.78, 5) is 38.1. The molecule has 2 aromatic rings. The summed E-state index contributed by atoms with van der Waals surface area (Å²) in [7, 11) is 0. The number of amides is 2. The van der Waals surface area contributed by atoms with Gasteiger partial charge in [0.05, 0.1) is 6.04 Å². The van der Waals surface area contributed by atoms with Crippen molar-refractivity contribution in [3.8, 4) is 0 Å². The Kier molecular flexibility index (Phi) is 7.89. The zero-order chi connectivity index (χ0) is 20.5. The molecule has 0 aromatic heterocycles. The number of hydrogen-bond donors (Lipinski definition) is 1. The van der Waals surface area contributed by atoms with E-state index in [0.717, 1.165) is 16.0 Å². The summed E-state index contributed by atoms with van der Waals surface area (Å²) in [6.45, 7) is 3.51. The van der Waals surface area contributed by atoms with Gasteiger partial charge < -0.3 is 15.3 Å². The van der Waals surface area contributed by atoms with Crippen molar-refractivity contribution in [1.82, 2.24) is 4.90 Å². The maximum Gasteiger partial charge on any atom is 0.417 e. The van der Waals surface area contributed by atoms with Crippen LogP contribution in [0.15, 0.2) is 60.7 Å². The molecule has 0 saturated heterocycles. The first-order valence-corrected chi connectivity index (χ1v) is 9.22. The van der Waals surface area contributed by atoms with Crippen LogP contribution in [0.4, 0.5) is 4.79 Å². The SMILES string of the molecule is CC(C)[C@@H](C=O)N(C(=O)OCc1ccccc1)C(=O)[C@@H](N)Cc1ccccc1. The molecule has 0 unspecified atom stereocenters. The topological polar surface area (TPSA) is 89.7 Å².